The molecule has 0 saturated carbocycles. The van der Waals surface area contributed by atoms with Crippen molar-refractivity contribution in [2.24, 2.45) is 0 Å². The quantitative estimate of drug-likeness (QED) is 0.291. The van der Waals surface area contributed by atoms with E-state index in [0.717, 1.165) is 21.7 Å². The summed E-state index contributed by atoms with van der Waals surface area (Å²) in [6, 6.07) is 20.2. The van der Waals surface area contributed by atoms with Crippen molar-refractivity contribution in [3.05, 3.63) is 99.5 Å². The number of rotatable bonds is 12. The van der Waals surface area contributed by atoms with Gasteiger partial charge in [0.25, 0.3) is 0 Å². The zero-order valence-electron chi connectivity index (χ0n) is 23.1. The van der Waals surface area contributed by atoms with Crippen LogP contribution in [0.1, 0.15) is 37.0 Å². The van der Waals surface area contributed by atoms with Crippen molar-refractivity contribution in [3.8, 4) is 0 Å². The van der Waals surface area contributed by atoms with E-state index in [1.165, 1.54) is 4.90 Å². The molecule has 3 aromatic rings. The van der Waals surface area contributed by atoms with Gasteiger partial charge in [0.05, 0.1) is 22.0 Å². The number of nitrogens with zero attached hydrogens (tertiary/aromatic N) is 2. The minimum atomic E-state index is -3.83. The van der Waals surface area contributed by atoms with E-state index < -0.39 is 28.5 Å². The fourth-order valence-electron chi connectivity index (χ4n) is 4.15. The van der Waals surface area contributed by atoms with Gasteiger partial charge in [0.2, 0.25) is 21.8 Å². The van der Waals surface area contributed by atoms with Crippen molar-refractivity contribution >= 4 is 50.7 Å². The summed E-state index contributed by atoms with van der Waals surface area (Å²) in [6.45, 7) is 5.29. The van der Waals surface area contributed by atoms with Crippen molar-refractivity contribution in [3.63, 3.8) is 0 Å². The Balaban J connectivity index is 2.07. The summed E-state index contributed by atoms with van der Waals surface area (Å²) in [7, 11) is -3.83. The Hall–Kier alpha value is -3.07. The Morgan fingerprint density at radius 2 is 1.57 bits per heavy atom. The number of sulfonamides is 1. The van der Waals surface area contributed by atoms with Gasteiger partial charge in [-0.25, -0.2) is 8.42 Å². The van der Waals surface area contributed by atoms with Crippen LogP contribution in [-0.2, 0) is 32.6 Å². The molecule has 2 atom stereocenters. The maximum Gasteiger partial charge on any atom is 0.244 e. The highest BCUT2D eigenvalue weighted by Crippen LogP contribution is 2.25. The summed E-state index contributed by atoms with van der Waals surface area (Å²) < 4.78 is 26.7. The van der Waals surface area contributed by atoms with Crippen LogP contribution in [0.15, 0.2) is 72.8 Å². The number of hydrogen-bond donors (Lipinski definition) is 1. The van der Waals surface area contributed by atoms with Crippen LogP contribution in [0.3, 0.4) is 0 Å². The highest BCUT2D eigenvalue weighted by atomic mass is 35.5. The molecular weight excluding hydrogens is 569 g/mol. The lowest BCUT2D eigenvalue weighted by Gasteiger charge is -2.34. The highest BCUT2D eigenvalue weighted by molar-refractivity contribution is 7.92. The summed E-state index contributed by atoms with van der Waals surface area (Å²) in [4.78, 5) is 29.2. The van der Waals surface area contributed by atoms with E-state index in [4.69, 9.17) is 23.2 Å². The molecule has 0 heterocycles. The average Bonchev–Trinajstić information content (AvgIpc) is 2.91. The highest BCUT2D eigenvalue weighted by Gasteiger charge is 2.33. The number of halogens is 2. The lowest BCUT2D eigenvalue weighted by Crippen LogP contribution is -2.54. The molecule has 0 aliphatic carbocycles. The number of hydrogen-bond acceptors (Lipinski definition) is 4. The third kappa shape index (κ3) is 8.71. The van der Waals surface area contributed by atoms with E-state index in [9.17, 15) is 18.0 Å². The van der Waals surface area contributed by atoms with Gasteiger partial charge in [-0.05, 0) is 55.7 Å². The molecule has 3 rings (SSSR count). The first kappa shape index (κ1) is 31.5. The van der Waals surface area contributed by atoms with Crippen molar-refractivity contribution in [2.75, 3.05) is 17.1 Å². The van der Waals surface area contributed by atoms with Crippen LogP contribution in [0.25, 0.3) is 0 Å². The average molecular weight is 605 g/mol. The van der Waals surface area contributed by atoms with Crippen LogP contribution in [0, 0.1) is 6.92 Å². The number of nitrogens with one attached hydrogen (secondary N) is 1. The molecule has 2 unspecified atom stereocenters. The first-order valence-electron chi connectivity index (χ1n) is 13.0. The summed E-state index contributed by atoms with van der Waals surface area (Å²) in [5, 5.41) is 3.68. The normalized spacial score (nSPS) is 12.8. The van der Waals surface area contributed by atoms with Gasteiger partial charge in [-0.1, -0.05) is 84.2 Å². The predicted molar refractivity (Wildman–Crippen MR) is 162 cm³/mol. The van der Waals surface area contributed by atoms with E-state index in [0.29, 0.717) is 27.7 Å². The van der Waals surface area contributed by atoms with Crippen molar-refractivity contribution in [1.29, 1.82) is 0 Å². The van der Waals surface area contributed by atoms with E-state index in [2.05, 4.69) is 5.32 Å². The number of benzene rings is 3. The standard InChI is InChI=1S/C30H35Cl2N3O4S/c1-5-22(3)33-30(37)28(18-23-9-7-6-8-10-23)34(19-24-13-16-26(31)27(32)17-24)29(36)20-35(40(4,38)39)25-14-11-21(2)12-15-25/h6-17,22,28H,5,18-20H2,1-4H3,(H,33,37). The Kier molecular flexibility index (Phi) is 11.0. The molecule has 40 heavy (non-hydrogen) atoms. The zero-order chi connectivity index (χ0) is 29.4. The Labute approximate surface area is 247 Å². The van der Waals surface area contributed by atoms with E-state index >= 15 is 0 Å². The van der Waals surface area contributed by atoms with Gasteiger partial charge in [0, 0.05) is 19.0 Å². The maximum atomic E-state index is 14.1. The molecule has 0 aliphatic heterocycles. The van der Waals surface area contributed by atoms with Crippen molar-refractivity contribution in [2.45, 2.75) is 52.2 Å². The fraction of sp³-hybridized carbons (Fsp3) is 0.333. The van der Waals surface area contributed by atoms with Gasteiger partial charge >= 0.3 is 0 Å². The first-order valence-corrected chi connectivity index (χ1v) is 15.6. The predicted octanol–water partition coefficient (Wildman–Crippen LogP) is 5.62. The number of aryl methyl sites for hydroxylation is 1. The third-order valence-electron chi connectivity index (χ3n) is 6.61. The van der Waals surface area contributed by atoms with Gasteiger partial charge < -0.3 is 10.2 Å². The molecule has 2 amide bonds. The summed E-state index contributed by atoms with van der Waals surface area (Å²) in [6.07, 6.45) is 2.00. The van der Waals surface area contributed by atoms with E-state index in [-0.39, 0.29) is 24.9 Å². The minimum Gasteiger partial charge on any atom is -0.352 e. The van der Waals surface area contributed by atoms with Crippen molar-refractivity contribution < 1.29 is 18.0 Å². The summed E-state index contributed by atoms with van der Waals surface area (Å²) in [5.74, 6) is -0.856. The minimum absolute atomic E-state index is 0.0205. The monoisotopic (exact) mass is 603 g/mol. The second-order valence-electron chi connectivity index (χ2n) is 9.90. The van der Waals surface area contributed by atoms with Gasteiger partial charge in [-0.2, -0.15) is 0 Å². The largest absolute Gasteiger partial charge is 0.352 e. The molecule has 0 aromatic heterocycles. The molecule has 3 aromatic carbocycles. The lowest BCUT2D eigenvalue weighted by atomic mass is 10.0. The van der Waals surface area contributed by atoms with Crippen LogP contribution < -0.4 is 9.62 Å². The molecule has 1 N–H and O–H groups in total. The molecule has 0 aliphatic rings. The SMILES string of the molecule is CCC(C)NC(=O)C(Cc1ccccc1)N(Cc1ccc(Cl)c(Cl)c1)C(=O)CN(c1ccc(C)cc1)S(C)(=O)=O. The second-order valence-corrected chi connectivity index (χ2v) is 12.6. The van der Waals surface area contributed by atoms with Gasteiger partial charge in [0.1, 0.15) is 12.6 Å². The molecule has 0 radical (unpaired) electrons. The molecule has 0 spiro atoms. The second kappa shape index (κ2) is 14.0. The molecule has 10 heteroatoms. The Morgan fingerprint density at radius 3 is 2.15 bits per heavy atom. The van der Waals surface area contributed by atoms with Crippen LogP contribution >= 0.6 is 23.2 Å². The van der Waals surface area contributed by atoms with Crippen LogP contribution in [0.4, 0.5) is 5.69 Å². The summed E-state index contributed by atoms with van der Waals surface area (Å²) >= 11 is 12.4. The first-order chi connectivity index (χ1) is 18.9. The van der Waals surface area contributed by atoms with E-state index in [1.54, 1.807) is 42.5 Å². The topological polar surface area (TPSA) is 86.8 Å². The maximum absolute atomic E-state index is 14.1. The molecule has 0 saturated heterocycles. The molecule has 0 fully saturated rings. The lowest BCUT2D eigenvalue weighted by molar-refractivity contribution is -0.140. The summed E-state index contributed by atoms with van der Waals surface area (Å²) in [5.41, 5.74) is 2.82. The third-order valence-corrected chi connectivity index (χ3v) is 8.49. The zero-order valence-corrected chi connectivity index (χ0v) is 25.4. The Bertz CT molecular complexity index is 1420. The van der Waals surface area contributed by atoms with Crippen LogP contribution in [0.2, 0.25) is 10.0 Å². The molecule has 0 bridgehead atoms. The van der Waals surface area contributed by atoms with Crippen molar-refractivity contribution in [1.82, 2.24) is 10.2 Å². The van der Waals surface area contributed by atoms with Gasteiger partial charge in [0.15, 0.2) is 0 Å². The van der Waals surface area contributed by atoms with E-state index in [1.807, 2.05) is 51.1 Å². The number of carbonyl (C=O) groups is 2. The molecule has 7 nitrogen and oxygen atoms in total. The Morgan fingerprint density at radius 1 is 0.925 bits per heavy atom. The van der Waals surface area contributed by atoms with Gasteiger partial charge in [-0.3, -0.25) is 13.9 Å². The smallest absolute Gasteiger partial charge is 0.244 e. The van der Waals surface area contributed by atoms with Crippen LogP contribution in [0.5, 0.6) is 0 Å². The van der Waals surface area contributed by atoms with Gasteiger partial charge in [-0.15, -0.1) is 0 Å². The number of amides is 2. The molecule has 214 valence electrons. The number of anilines is 1. The fourth-order valence-corrected chi connectivity index (χ4v) is 5.32. The van der Waals surface area contributed by atoms with Crippen LogP contribution in [-0.4, -0.2) is 50.0 Å². The molecular formula is C30H35Cl2N3O4S. The number of carbonyl (C=O) groups excluding carboxylic acids is 2.